The molecule has 18 heteroatoms. The van der Waals surface area contributed by atoms with Crippen molar-refractivity contribution < 1.29 is 28.7 Å². The van der Waals surface area contributed by atoms with E-state index >= 15 is 0 Å². The molecule has 16 nitrogen and oxygen atoms in total. The Kier molecular flexibility index (Phi) is 9.40. The predicted octanol–water partition coefficient (Wildman–Crippen LogP) is 3.60. The van der Waals surface area contributed by atoms with Gasteiger partial charge in [0.25, 0.3) is 0 Å². The summed E-state index contributed by atoms with van der Waals surface area (Å²) < 4.78 is 9.28. The number of carbonyl (C=O) groups is 4. The molecule has 2 saturated heterocycles. The Morgan fingerprint density at radius 2 is 1.40 bits per heavy atom. The zero-order valence-corrected chi connectivity index (χ0v) is 28.0. The van der Waals surface area contributed by atoms with Crippen LogP contribution < -0.4 is 10.6 Å². The Hall–Kier alpha value is -4.58. The number of hydrogen-bond donors (Lipinski definition) is 4. The fourth-order valence-electron chi connectivity index (χ4n) is 5.97. The molecule has 0 bridgehead atoms. The molecule has 4 aromatic rings. The number of amides is 4. The summed E-state index contributed by atoms with van der Waals surface area (Å²) in [7, 11) is 2.53. The average molecular weight is 685 g/mol. The van der Waals surface area contributed by atoms with Crippen LogP contribution in [0.15, 0.2) is 12.4 Å². The molecule has 2 aliphatic heterocycles. The van der Waals surface area contributed by atoms with Crippen molar-refractivity contribution in [1.82, 2.24) is 50.3 Å². The summed E-state index contributed by atoms with van der Waals surface area (Å²) >= 11 is 2.87. The number of likely N-dealkylation sites (tertiary alicyclic amines) is 2. The van der Waals surface area contributed by atoms with E-state index in [0.717, 1.165) is 56.7 Å². The number of rotatable bonds is 9. The molecular formula is C29H36N10O6S2. The van der Waals surface area contributed by atoms with Gasteiger partial charge in [0.2, 0.25) is 11.8 Å². The highest BCUT2D eigenvalue weighted by Crippen LogP contribution is 2.38. The number of aromatic nitrogens is 6. The minimum absolute atomic E-state index is 0.118. The van der Waals surface area contributed by atoms with E-state index in [2.05, 4.69) is 35.3 Å². The molecule has 2 fully saturated rings. The zero-order chi connectivity index (χ0) is 33.2. The monoisotopic (exact) mass is 684 g/mol. The molecule has 0 aliphatic carbocycles. The largest absolute Gasteiger partial charge is 0.453 e. The quantitative estimate of drug-likeness (QED) is 0.202. The molecule has 0 radical (unpaired) electrons. The fourth-order valence-corrected chi connectivity index (χ4v) is 7.94. The van der Waals surface area contributed by atoms with Gasteiger partial charge < -0.3 is 39.9 Å². The second-order valence-electron chi connectivity index (χ2n) is 11.7. The highest BCUT2D eigenvalue weighted by Gasteiger charge is 2.38. The Balaban J connectivity index is 1.14. The van der Waals surface area contributed by atoms with Crippen molar-refractivity contribution in [1.29, 1.82) is 0 Å². The van der Waals surface area contributed by atoms with Crippen molar-refractivity contribution >= 4 is 56.3 Å². The Morgan fingerprint density at radius 3 is 1.94 bits per heavy atom. The van der Waals surface area contributed by atoms with Gasteiger partial charge in [0.15, 0.2) is 9.66 Å². The van der Waals surface area contributed by atoms with Crippen LogP contribution in [-0.2, 0) is 19.1 Å². The number of hydrogen-bond acceptors (Lipinski definition) is 12. The minimum Gasteiger partial charge on any atom is -0.453 e. The predicted molar refractivity (Wildman–Crippen MR) is 172 cm³/mol. The van der Waals surface area contributed by atoms with E-state index in [-0.39, 0.29) is 36.4 Å². The van der Waals surface area contributed by atoms with Gasteiger partial charge in [-0.25, -0.2) is 29.5 Å². The molecule has 47 heavy (non-hydrogen) atoms. The first-order valence-electron chi connectivity index (χ1n) is 15.3. The van der Waals surface area contributed by atoms with Gasteiger partial charge in [-0.15, -0.1) is 0 Å². The third-order valence-corrected chi connectivity index (χ3v) is 10.4. The number of aromatic amines is 2. The first-order chi connectivity index (χ1) is 22.7. The number of thiazole rings is 2. The highest BCUT2D eigenvalue weighted by atomic mass is 32.1. The summed E-state index contributed by atoms with van der Waals surface area (Å²) in [5.74, 6) is 0.854. The molecule has 4 amide bonds. The minimum atomic E-state index is -0.704. The second kappa shape index (κ2) is 13.6. The van der Waals surface area contributed by atoms with Crippen LogP contribution in [0, 0.1) is 5.92 Å². The summed E-state index contributed by atoms with van der Waals surface area (Å²) in [4.78, 5) is 80.0. The fraction of sp³-hybridized carbons (Fsp3) is 0.517. The van der Waals surface area contributed by atoms with E-state index in [9.17, 15) is 19.2 Å². The Labute approximate surface area is 277 Å². The maximum Gasteiger partial charge on any atom is 0.407 e. The van der Waals surface area contributed by atoms with E-state index in [1.165, 1.54) is 36.9 Å². The molecule has 0 aromatic carbocycles. The van der Waals surface area contributed by atoms with Crippen molar-refractivity contribution in [3.05, 3.63) is 24.0 Å². The molecule has 2 aliphatic rings. The van der Waals surface area contributed by atoms with Gasteiger partial charge in [-0.1, -0.05) is 36.5 Å². The average Bonchev–Trinajstić information content (AvgIpc) is 3.90. The van der Waals surface area contributed by atoms with Crippen LogP contribution in [0.1, 0.15) is 63.3 Å². The molecular weight excluding hydrogens is 649 g/mol. The van der Waals surface area contributed by atoms with Crippen LogP contribution in [0.3, 0.4) is 0 Å². The maximum atomic E-state index is 13.5. The first-order valence-corrected chi connectivity index (χ1v) is 16.9. The van der Waals surface area contributed by atoms with Crippen LogP contribution >= 0.6 is 22.7 Å². The lowest BCUT2D eigenvalue weighted by atomic mass is 10.0. The standard InChI is InChI=1S/C29H36N10O6S2/c1-14(2)20(35-29(43)45-4)27(41)39-10-6-8-18(39)22-31-12-16(34-22)24-37-26-25(47-24)36-23(46-26)15-11-30-21(33-15)17-7-5-9-38(17)19(40)13-32-28(42)44-3/h11-12,14,17-18,20H,5-10,13H2,1-4H3,(H,30,33)(H,31,34)(H,32,42)(H,35,43). The lowest BCUT2D eigenvalue weighted by Gasteiger charge is -2.29. The zero-order valence-electron chi connectivity index (χ0n) is 26.4. The van der Waals surface area contributed by atoms with Gasteiger partial charge in [-0.2, -0.15) is 0 Å². The lowest BCUT2D eigenvalue weighted by Crippen LogP contribution is -2.51. The highest BCUT2D eigenvalue weighted by molar-refractivity contribution is 7.29. The van der Waals surface area contributed by atoms with Crippen molar-refractivity contribution in [3.8, 4) is 21.4 Å². The topological polar surface area (TPSA) is 200 Å². The smallest absolute Gasteiger partial charge is 0.407 e. The normalized spacial score (nSPS) is 18.6. The number of nitrogens with zero attached hydrogens (tertiary/aromatic N) is 6. The van der Waals surface area contributed by atoms with Gasteiger partial charge in [0, 0.05) is 13.1 Å². The van der Waals surface area contributed by atoms with E-state index in [1.807, 2.05) is 13.8 Å². The van der Waals surface area contributed by atoms with Gasteiger partial charge in [-0.3, -0.25) is 9.59 Å². The van der Waals surface area contributed by atoms with Gasteiger partial charge in [0.1, 0.15) is 34.3 Å². The van der Waals surface area contributed by atoms with Crippen LogP contribution in [-0.4, -0.2) is 104 Å². The van der Waals surface area contributed by atoms with Crippen LogP contribution in [0.4, 0.5) is 9.59 Å². The number of ether oxygens (including phenoxy) is 2. The van der Waals surface area contributed by atoms with Crippen molar-refractivity contribution in [3.63, 3.8) is 0 Å². The summed E-state index contributed by atoms with van der Waals surface area (Å²) in [6.45, 7) is 4.78. The molecule has 4 N–H and O–H groups in total. The van der Waals surface area contributed by atoms with E-state index < -0.39 is 18.2 Å². The number of carbonyl (C=O) groups excluding carboxylic acids is 4. The van der Waals surface area contributed by atoms with Gasteiger partial charge >= 0.3 is 12.2 Å². The number of methoxy groups -OCH3 is 2. The van der Waals surface area contributed by atoms with E-state index in [0.29, 0.717) is 24.7 Å². The van der Waals surface area contributed by atoms with Crippen molar-refractivity contribution in [2.75, 3.05) is 33.9 Å². The molecule has 6 rings (SSSR count). The first kappa shape index (κ1) is 32.4. The number of H-pyrrole nitrogens is 2. The molecule has 6 heterocycles. The summed E-state index contributed by atoms with van der Waals surface area (Å²) in [5, 5.41) is 6.58. The number of alkyl carbamates (subject to hydrolysis) is 2. The van der Waals surface area contributed by atoms with Crippen molar-refractivity contribution in [2.45, 2.75) is 57.7 Å². The second-order valence-corrected chi connectivity index (χ2v) is 13.6. The molecule has 0 saturated carbocycles. The molecule has 250 valence electrons. The third-order valence-electron chi connectivity index (χ3n) is 8.33. The van der Waals surface area contributed by atoms with Crippen LogP contribution in [0.5, 0.6) is 0 Å². The summed E-state index contributed by atoms with van der Waals surface area (Å²) in [6.07, 6.45) is 5.32. The molecule has 0 spiro atoms. The van der Waals surface area contributed by atoms with Gasteiger partial charge in [-0.05, 0) is 31.6 Å². The number of fused-ring (bicyclic) bond motifs is 1. The van der Waals surface area contributed by atoms with Crippen LogP contribution in [0.2, 0.25) is 0 Å². The number of imidazole rings is 2. The van der Waals surface area contributed by atoms with E-state index in [1.54, 1.807) is 22.2 Å². The van der Waals surface area contributed by atoms with Gasteiger partial charge in [0.05, 0.1) is 50.1 Å². The molecule has 3 atom stereocenters. The van der Waals surface area contributed by atoms with Crippen LogP contribution in [0.25, 0.3) is 31.1 Å². The SMILES string of the molecule is COC(=O)NCC(=O)N1CCCC1c1ncc(-c2nc3sc(-c4cnc(C5CCCN5C(=O)C(NC(=O)OC)C(C)C)[nH]4)nc3s2)[nH]1. The lowest BCUT2D eigenvalue weighted by molar-refractivity contribution is -0.135. The third kappa shape index (κ3) is 6.64. The van der Waals surface area contributed by atoms with E-state index in [4.69, 9.17) is 14.7 Å². The molecule has 4 aromatic heterocycles. The summed E-state index contributed by atoms with van der Waals surface area (Å²) in [6, 6.07) is -1.17. The summed E-state index contributed by atoms with van der Waals surface area (Å²) in [5.41, 5.74) is 1.47. The van der Waals surface area contributed by atoms with Crippen molar-refractivity contribution in [2.24, 2.45) is 5.92 Å². The Morgan fingerprint density at radius 1 is 0.872 bits per heavy atom. The Bertz CT molecular complexity index is 1750. The molecule has 3 unspecified atom stereocenters. The maximum absolute atomic E-state index is 13.5. The number of nitrogens with one attached hydrogen (secondary N) is 4.